The monoisotopic (exact) mass is 660 g/mol. The van der Waals surface area contributed by atoms with Crippen LogP contribution in [0, 0.1) is 17.1 Å². The summed E-state index contributed by atoms with van der Waals surface area (Å²) in [7, 11) is 0. The summed E-state index contributed by atoms with van der Waals surface area (Å²) < 4.78 is 56.0. The van der Waals surface area contributed by atoms with Crippen molar-refractivity contribution in [2.45, 2.75) is 43.9 Å². The second kappa shape index (κ2) is 12.5. The van der Waals surface area contributed by atoms with Gasteiger partial charge < -0.3 is 15.3 Å². The van der Waals surface area contributed by atoms with Gasteiger partial charge in [0.05, 0.1) is 17.3 Å². The zero-order valence-corrected chi connectivity index (χ0v) is 25.4. The summed E-state index contributed by atoms with van der Waals surface area (Å²) in [5.41, 5.74) is -0.790. The number of carbonyl (C=O) groups is 3. The molecule has 10 nitrogen and oxygen atoms in total. The molecule has 0 saturated carbocycles. The van der Waals surface area contributed by atoms with Gasteiger partial charge in [0.15, 0.2) is 5.69 Å². The molecular weight excluding hydrogens is 632 g/mol. The number of nitrogens with one attached hydrogen (secondary N) is 1. The predicted molar refractivity (Wildman–Crippen MR) is 164 cm³/mol. The fourth-order valence-electron chi connectivity index (χ4n) is 6.33. The quantitative estimate of drug-likeness (QED) is 0.275. The Bertz CT molecular complexity index is 1950. The molecule has 14 heteroatoms. The number of benzene rings is 3. The molecule has 3 aromatic carbocycles. The predicted octanol–water partition coefficient (Wildman–Crippen LogP) is 5.16. The number of amides is 3. The number of nitrogens with zero attached hydrogens (tertiary/aromatic N) is 5. The van der Waals surface area contributed by atoms with Gasteiger partial charge in [-0.3, -0.25) is 19.3 Å². The minimum absolute atomic E-state index is 0.0145. The smallest absolute Gasteiger partial charge is 0.416 e. The van der Waals surface area contributed by atoms with Gasteiger partial charge in [0.1, 0.15) is 29.5 Å². The summed E-state index contributed by atoms with van der Waals surface area (Å²) >= 11 is 0. The standard InChI is InChI=1S/C34H28F4N6O4/c1-2-42-31-27(29(33(48)43-15-5-9-24(43)18-39)41-44(31)23-8-4-10-25(45)17-23)26(19-11-13-22(35)14-12-19)28(32(42)47)40-30(46)20-6-3-7-21(16-20)34(36,37)38/h3-4,6-8,10-14,16-17,24,26,28,45H,2,5,9,15H2,1H3,(H,40,46)/t24-,26?,28?/m0/s1. The first-order chi connectivity index (χ1) is 22.9. The molecule has 2 aliphatic heterocycles. The topological polar surface area (TPSA) is 132 Å². The fourth-order valence-corrected chi connectivity index (χ4v) is 6.33. The van der Waals surface area contributed by atoms with E-state index >= 15 is 0 Å². The van der Waals surface area contributed by atoms with E-state index in [9.17, 15) is 42.3 Å². The van der Waals surface area contributed by atoms with Crippen LogP contribution in [-0.4, -0.2) is 62.7 Å². The van der Waals surface area contributed by atoms with Crippen LogP contribution in [0.5, 0.6) is 5.75 Å². The van der Waals surface area contributed by atoms with Crippen LogP contribution in [-0.2, 0) is 11.0 Å². The largest absolute Gasteiger partial charge is 0.508 e. The average Bonchev–Trinajstić information content (AvgIpc) is 3.71. The number of aromatic nitrogens is 2. The molecule has 2 aliphatic rings. The summed E-state index contributed by atoms with van der Waals surface area (Å²) in [5, 5.41) is 27.3. The van der Waals surface area contributed by atoms with E-state index in [1.807, 2.05) is 0 Å². The first-order valence-electron chi connectivity index (χ1n) is 15.1. The number of halogens is 4. The number of phenolic OH excluding ortho intramolecular Hbond substituents is 1. The van der Waals surface area contributed by atoms with Crippen molar-refractivity contribution in [3.8, 4) is 17.5 Å². The summed E-state index contributed by atoms with van der Waals surface area (Å²) in [6.45, 7) is 1.93. The van der Waals surface area contributed by atoms with Gasteiger partial charge in [-0.05, 0) is 67.8 Å². The molecule has 0 radical (unpaired) electrons. The van der Waals surface area contributed by atoms with Crippen molar-refractivity contribution in [1.82, 2.24) is 20.0 Å². The Kier molecular flexibility index (Phi) is 8.38. The van der Waals surface area contributed by atoms with E-state index in [2.05, 4.69) is 16.5 Å². The number of likely N-dealkylation sites (tertiary alicyclic amines) is 1. The maximum atomic E-state index is 14.4. The van der Waals surface area contributed by atoms with Crippen LogP contribution < -0.4 is 10.2 Å². The lowest BCUT2D eigenvalue weighted by Crippen LogP contribution is -2.55. The molecular formula is C34H28F4N6O4. The highest BCUT2D eigenvalue weighted by Gasteiger charge is 2.48. The second-order valence-electron chi connectivity index (χ2n) is 11.4. The number of aromatic hydroxyl groups is 1. The van der Waals surface area contributed by atoms with Crippen molar-refractivity contribution >= 4 is 23.5 Å². The number of hydrogen-bond donors (Lipinski definition) is 2. The van der Waals surface area contributed by atoms with Crippen molar-refractivity contribution in [2.75, 3.05) is 18.0 Å². The fraction of sp³-hybridized carbons (Fsp3) is 0.265. The Morgan fingerprint density at radius 2 is 1.81 bits per heavy atom. The van der Waals surface area contributed by atoms with Crippen LogP contribution in [0.2, 0.25) is 0 Å². The van der Waals surface area contributed by atoms with Crippen molar-refractivity contribution < 1.29 is 37.1 Å². The lowest BCUT2D eigenvalue weighted by atomic mass is 9.80. The maximum Gasteiger partial charge on any atom is 0.416 e. The number of anilines is 1. The lowest BCUT2D eigenvalue weighted by Gasteiger charge is -2.38. The van der Waals surface area contributed by atoms with E-state index in [-0.39, 0.29) is 41.5 Å². The van der Waals surface area contributed by atoms with Crippen LogP contribution >= 0.6 is 0 Å². The normalized spacial score (nSPS) is 19.2. The van der Waals surface area contributed by atoms with Gasteiger partial charge in [0.25, 0.3) is 17.7 Å². The molecule has 1 saturated heterocycles. The van der Waals surface area contributed by atoms with Crippen molar-refractivity contribution in [3.63, 3.8) is 0 Å². The van der Waals surface area contributed by atoms with E-state index in [4.69, 9.17) is 0 Å². The average molecular weight is 661 g/mol. The van der Waals surface area contributed by atoms with Crippen molar-refractivity contribution in [1.29, 1.82) is 5.26 Å². The Hall–Kier alpha value is -5.71. The number of rotatable bonds is 6. The van der Waals surface area contributed by atoms with E-state index in [1.54, 1.807) is 19.1 Å². The summed E-state index contributed by atoms with van der Waals surface area (Å²) in [5.74, 6) is -4.03. The van der Waals surface area contributed by atoms with Gasteiger partial charge in [-0.25, -0.2) is 9.07 Å². The third kappa shape index (κ3) is 5.72. The number of alkyl halides is 3. The zero-order chi connectivity index (χ0) is 34.3. The Morgan fingerprint density at radius 3 is 2.48 bits per heavy atom. The third-order valence-corrected chi connectivity index (χ3v) is 8.55. The molecule has 0 spiro atoms. The minimum Gasteiger partial charge on any atom is -0.508 e. The molecule has 0 aliphatic carbocycles. The number of phenols is 1. The highest BCUT2D eigenvalue weighted by atomic mass is 19.4. The minimum atomic E-state index is -4.73. The van der Waals surface area contributed by atoms with Gasteiger partial charge in [-0.15, -0.1) is 0 Å². The lowest BCUT2D eigenvalue weighted by molar-refractivity contribution is -0.137. The Labute approximate surface area is 271 Å². The number of carbonyl (C=O) groups excluding carboxylic acids is 3. The van der Waals surface area contributed by atoms with Gasteiger partial charge >= 0.3 is 6.18 Å². The number of fused-ring (bicyclic) bond motifs is 1. The molecule has 48 heavy (non-hydrogen) atoms. The molecule has 1 aromatic heterocycles. The van der Waals surface area contributed by atoms with Crippen LogP contribution in [0.25, 0.3) is 5.69 Å². The molecule has 2 unspecified atom stereocenters. The zero-order valence-electron chi connectivity index (χ0n) is 25.4. The van der Waals surface area contributed by atoms with Gasteiger partial charge in [-0.1, -0.05) is 24.3 Å². The molecule has 246 valence electrons. The SMILES string of the molecule is CCN1C(=O)C(NC(=O)c2cccc(C(F)(F)F)c2)C(c2ccc(F)cc2)c2c(C(=O)N3CCC[C@H]3C#N)nn(-c3cccc(O)c3)c21. The van der Waals surface area contributed by atoms with E-state index in [0.717, 1.165) is 24.3 Å². The summed E-state index contributed by atoms with van der Waals surface area (Å²) in [6.07, 6.45) is -3.72. The summed E-state index contributed by atoms with van der Waals surface area (Å²) in [4.78, 5) is 44.9. The van der Waals surface area contributed by atoms with Gasteiger partial charge in [0, 0.05) is 36.2 Å². The van der Waals surface area contributed by atoms with Gasteiger partial charge in [0.2, 0.25) is 0 Å². The van der Waals surface area contributed by atoms with E-state index < -0.39 is 53.3 Å². The molecule has 6 rings (SSSR count). The second-order valence-corrected chi connectivity index (χ2v) is 11.4. The third-order valence-electron chi connectivity index (χ3n) is 8.55. The van der Waals surface area contributed by atoms with Crippen LogP contribution in [0.1, 0.15) is 63.2 Å². The van der Waals surface area contributed by atoms with E-state index in [1.165, 1.54) is 44.8 Å². The highest BCUT2D eigenvalue weighted by molar-refractivity contribution is 6.07. The summed E-state index contributed by atoms with van der Waals surface area (Å²) in [6, 6.07) is 14.6. The number of hydrogen-bond acceptors (Lipinski definition) is 6. The van der Waals surface area contributed by atoms with Crippen molar-refractivity contribution in [2.24, 2.45) is 0 Å². The first kappa shape index (κ1) is 32.2. The molecule has 3 atom stereocenters. The Balaban J connectivity index is 1.58. The van der Waals surface area contributed by atoms with E-state index in [0.29, 0.717) is 30.2 Å². The molecule has 4 aromatic rings. The maximum absolute atomic E-state index is 14.4. The number of nitriles is 1. The van der Waals surface area contributed by atoms with Crippen LogP contribution in [0.15, 0.2) is 72.8 Å². The highest BCUT2D eigenvalue weighted by Crippen LogP contribution is 2.44. The first-order valence-corrected chi connectivity index (χ1v) is 15.1. The number of likely N-dealkylation sites (N-methyl/N-ethyl adjacent to an activating group) is 1. The molecule has 3 amide bonds. The molecule has 1 fully saturated rings. The molecule has 2 N–H and O–H groups in total. The molecule has 0 bridgehead atoms. The van der Waals surface area contributed by atoms with Crippen molar-refractivity contribution in [3.05, 3.63) is 107 Å². The molecule has 3 heterocycles. The van der Waals surface area contributed by atoms with Gasteiger partial charge in [-0.2, -0.15) is 23.5 Å². The van der Waals surface area contributed by atoms with Crippen LogP contribution in [0.3, 0.4) is 0 Å². The Morgan fingerprint density at radius 1 is 1.08 bits per heavy atom. The van der Waals surface area contributed by atoms with Crippen LogP contribution in [0.4, 0.5) is 23.4 Å².